The first-order chi connectivity index (χ1) is 14.1. The number of benzene rings is 2. The number of anilines is 1. The van der Waals surface area contributed by atoms with E-state index in [-0.39, 0.29) is 17.9 Å². The highest BCUT2D eigenvalue weighted by molar-refractivity contribution is 5.91. The highest BCUT2D eigenvalue weighted by Gasteiger charge is 2.09. The smallest absolute Gasteiger partial charge is 0.261 e. The third kappa shape index (κ3) is 4.06. The Balaban J connectivity index is 1.37. The molecule has 0 unspecified atom stereocenters. The summed E-state index contributed by atoms with van der Waals surface area (Å²) in [7, 11) is 0. The average molecular weight is 389 g/mol. The number of amides is 1. The molecule has 2 aromatic heterocycles. The van der Waals surface area contributed by atoms with Crippen LogP contribution in [0.25, 0.3) is 22.4 Å². The van der Waals surface area contributed by atoms with Gasteiger partial charge in [-0.15, -0.1) is 10.2 Å². The Kier molecular flexibility index (Phi) is 5.15. The lowest BCUT2D eigenvalue weighted by atomic mass is 10.1. The molecule has 0 aliphatic heterocycles. The van der Waals surface area contributed by atoms with E-state index in [4.69, 9.17) is 4.42 Å². The number of hydrogen-bond donors (Lipinski definition) is 1. The van der Waals surface area contributed by atoms with Crippen molar-refractivity contribution in [3.8, 4) is 11.5 Å². The van der Waals surface area contributed by atoms with E-state index in [2.05, 4.69) is 20.5 Å². The number of nitrogens with one attached hydrogen (secondary N) is 1. The summed E-state index contributed by atoms with van der Waals surface area (Å²) in [6.07, 6.45) is 3.60. The van der Waals surface area contributed by atoms with Gasteiger partial charge in [0.05, 0.1) is 17.2 Å². The first-order valence-electron chi connectivity index (χ1n) is 9.23. The fourth-order valence-electron chi connectivity index (χ4n) is 3.16. The highest BCUT2D eigenvalue weighted by atomic mass is 16.4. The molecule has 0 atom stereocenters. The molecule has 0 aliphatic carbocycles. The van der Waals surface area contributed by atoms with Crippen molar-refractivity contribution in [2.24, 2.45) is 0 Å². The number of aromatic nitrogens is 4. The minimum absolute atomic E-state index is 0.0913. The summed E-state index contributed by atoms with van der Waals surface area (Å²) < 4.78 is 6.72. The van der Waals surface area contributed by atoms with E-state index in [1.165, 1.54) is 6.39 Å². The number of para-hydroxylation sites is 1. The minimum Gasteiger partial charge on any atom is -0.423 e. The predicted octanol–water partition coefficient (Wildman–Crippen LogP) is 3.17. The molecule has 0 saturated carbocycles. The number of fused-ring (bicyclic) bond motifs is 1. The predicted molar refractivity (Wildman–Crippen MR) is 108 cm³/mol. The van der Waals surface area contributed by atoms with Gasteiger partial charge in [-0.05, 0) is 43.2 Å². The van der Waals surface area contributed by atoms with Crippen LogP contribution in [0.15, 0.2) is 64.4 Å². The normalized spacial score (nSPS) is 10.9. The molecule has 2 aromatic carbocycles. The van der Waals surface area contributed by atoms with Crippen LogP contribution in [0.3, 0.4) is 0 Å². The summed E-state index contributed by atoms with van der Waals surface area (Å²) in [4.78, 5) is 29.3. The van der Waals surface area contributed by atoms with Crippen LogP contribution in [0.1, 0.15) is 18.4 Å². The first-order valence-corrected chi connectivity index (χ1v) is 9.23. The van der Waals surface area contributed by atoms with Crippen molar-refractivity contribution in [3.63, 3.8) is 0 Å². The molecule has 4 aromatic rings. The van der Waals surface area contributed by atoms with Gasteiger partial charge in [-0.3, -0.25) is 14.2 Å². The van der Waals surface area contributed by atoms with Crippen LogP contribution in [0.2, 0.25) is 0 Å². The molecule has 4 rings (SSSR count). The number of carbonyl (C=O) groups is 1. The molecule has 0 saturated heterocycles. The van der Waals surface area contributed by atoms with Crippen LogP contribution in [-0.4, -0.2) is 25.7 Å². The molecular formula is C21H19N5O3. The zero-order valence-corrected chi connectivity index (χ0v) is 15.8. The monoisotopic (exact) mass is 389 g/mol. The molecular weight excluding hydrogens is 370 g/mol. The van der Waals surface area contributed by atoms with Gasteiger partial charge >= 0.3 is 0 Å². The van der Waals surface area contributed by atoms with Gasteiger partial charge in [0.2, 0.25) is 18.2 Å². The Morgan fingerprint density at radius 3 is 2.90 bits per heavy atom. The molecule has 0 aliphatic rings. The molecule has 0 radical (unpaired) electrons. The van der Waals surface area contributed by atoms with Crippen molar-refractivity contribution < 1.29 is 9.21 Å². The van der Waals surface area contributed by atoms with Gasteiger partial charge in [0.1, 0.15) is 0 Å². The molecule has 8 heteroatoms. The lowest BCUT2D eigenvalue weighted by molar-refractivity contribution is -0.116. The number of nitrogens with zero attached hydrogens (tertiary/aromatic N) is 4. The molecule has 0 bridgehead atoms. The fourth-order valence-corrected chi connectivity index (χ4v) is 3.16. The molecule has 1 N–H and O–H groups in total. The van der Waals surface area contributed by atoms with Gasteiger partial charge in [0.25, 0.3) is 5.56 Å². The first kappa shape index (κ1) is 18.5. The summed E-state index contributed by atoms with van der Waals surface area (Å²) in [5.74, 6) is 0.254. The van der Waals surface area contributed by atoms with E-state index >= 15 is 0 Å². The van der Waals surface area contributed by atoms with Gasteiger partial charge in [-0.2, -0.15) is 0 Å². The molecule has 1 amide bonds. The number of aryl methyl sites for hydroxylation is 2. The fraction of sp³-hybridized carbons (Fsp3) is 0.190. The Labute approximate surface area is 166 Å². The Morgan fingerprint density at radius 1 is 1.21 bits per heavy atom. The maximum atomic E-state index is 12.6. The topological polar surface area (TPSA) is 103 Å². The second-order valence-electron chi connectivity index (χ2n) is 6.69. The maximum absolute atomic E-state index is 12.6. The van der Waals surface area contributed by atoms with E-state index in [0.717, 1.165) is 11.1 Å². The van der Waals surface area contributed by atoms with Gasteiger partial charge in [-0.1, -0.05) is 18.2 Å². The Bertz CT molecular complexity index is 1210. The van der Waals surface area contributed by atoms with Crippen molar-refractivity contribution in [1.29, 1.82) is 0 Å². The van der Waals surface area contributed by atoms with E-state index in [1.807, 2.05) is 25.1 Å². The van der Waals surface area contributed by atoms with Crippen LogP contribution in [0.5, 0.6) is 0 Å². The average Bonchev–Trinajstić information content (AvgIpc) is 3.25. The second-order valence-corrected chi connectivity index (χ2v) is 6.69. The summed E-state index contributed by atoms with van der Waals surface area (Å²) in [5.41, 5.74) is 2.96. The van der Waals surface area contributed by atoms with E-state index < -0.39 is 0 Å². The Hall–Kier alpha value is -3.81. The SMILES string of the molecule is Cc1cccc2c(=O)n(CCCC(=O)Nc3cccc(-c4nnco4)c3)cnc12. The van der Waals surface area contributed by atoms with Crippen LogP contribution < -0.4 is 10.9 Å². The highest BCUT2D eigenvalue weighted by Crippen LogP contribution is 2.20. The van der Waals surface area contributed by atoms with Crippen LogP contribution in [0.4, 0.5) is 5.69 Å². The van der Waals surface area contributed by atoms with Crippen molar-refractivity contribution in [3.05, 3.63) is 71.1 Å². The van der Waals surface area contributed by atoms with E-state index in [1.54, 1.807) is 35.2 Å². The van der Waals surface area contributed by atoms with Crippen LogP contribution in [0, 0.1) is 6.92 Å². The van der Waals surface area contributed by atoms with Crippen LogP contribution >= 0.6 is 0 Å². The van der Waals surface area contributed by atoms with Crippen LogP contribution in [-0.2, 0) is 11.3 Å². The van der Waals surface area contributed by atoms with Gasteiger partial charge in [-0.25, -0.2) is 4.98 Å². The molecule has 0 spiro atoms. The third-order valence-electron chi connectivity index (χ3n) is 4.61. The number of rotatable bonds is 6. The minimum atomic E-state index is -0.134. The van der Waals surface area contributed by atoms with Gasteiger partial charge < -0.3 is 9.73 Å². The largest absolute Gasteiger partial charge is 0.423 e. The van der Waals surface area contributed by atoms with Crippen molar-refractivity contribution in [2.45, 2.75) is 26.3 Å². The van der Waals surface area contributed by atoms with Gasteiger partial charge in [0.15, 0.2) is 0 Å². The zero-order valence-electron chi connectivity index (χ0n) is 15.8. The lowest BCUT2D eigenvalue weighted by Crippen LogP contribution is -2.22. The summed E-state index contributed by atoms with van der Waals surface area (Å²) in [6.45, 7) is 2.35. The van der Waals surface area contributed by atoms with E-state index in [0.29, 0.717) is 35.4 Å². The maximum Gasteiger partial charge on any atom is 0.261 e. The summed E-state index contributed by atoms with van der Waals surface area (Å²) >= 11 is 0. The molecule has 146 valence electrons. The lowest BCUT2D eigenvalue weighted by Gasteiger charge is -2.09. The van der Waals surface area contributed by atoms with Crippen molar-refractivity contribution >= 4 is 22.5 Å². The Morgan fingerprint density at radius 2 is 2.07 bits per heavy atom. The standard InChI is InChI=1S/C21H19N5O3/c1-14-5-2-8-17-19(14)22-12-26(21(17)28)10-4-9-18(27)24-16-7-3-6-15(11-16)20-25-23-13-29-20/h2-3,5-8,11-13H,4,9-10H2,1H3,(H,24,27). The third-order valence-corrected chi connectivity index (χ3v) is 4.61. The summed E-state index contributed by atoms with van der Waals surface area (Å²) in [6, 6.07) is 12.7. The van der Waals surface area contributed by atoms with Crippen molar-refractivity contribution in [2.75, 3.05) is 5.32 Å². The summed E-state index contributed by atoms with van der Waals surface area (Å²) in [5, 5.41) is 11.0. The zero-order chi connectivity index (χ0) is 20.2. The molecule has 2 heterocycles. The molecule has 8 nitrogen and oxygen atoms in total. The number of carbonyl (C=O) groups excluding carboxylic acids is 1. The van der Waals surface area contributed by atoms with E-state index in [9.17, 15) is 9.59 Å². The van der Waals surface area contributed by atoms with Gasteiger partial charge in [0, 0.05) is 24.2 Å². The number of hydrogen-bond acceptors (Lipinski definition) is 6. The molecule has 29 heavy (non-hydrogen) atoms. The quantitative estimate of drug-likeness (QED) is 0.543. The van der Waals surface area contributed by atoms with Crippen molar-refractivity contribution in [1.82, 2.24) is 19.7 Å². The molecule has 0 fully saturated rings. The second kappa shape index (κ2) is 8.05.